The van der Waals surface area contributed by atoms with Crippen LogP contribution in [0.2, 0.25) is 0 Å². The van der Waals surface area contributed by atoms with E-state index in [-0.39, 0.29) is 0 Å². The fourth-order valence-electron chi connectivity index (χ4n) is 5.82. The monoisotopic (exact) mass is 412 g/mol. The number of rotatable bonds is 2. The van der Waals surface area contributed by atoms with Crippen molar-refractivity contribution in [3.8, 4) is 11.4 Å². The summed E-state index contributed by atoms with van der Waals surface area (Å²) in [7, 11) is 0. The molecule has 1 aliphatic rings. The van der Waals surface area contributed by atoms with Crippen LogP contribution in [0.25, 0.3) is 44.1 Å². The van der Waals surface area contributed by atoms with Crippen molar-refractivity contribution >= 4 is 32.7 Å². The highest BCUT2D eigenvalue weighted by Gasteiger charge is 2.25. The van der Waals surface area contributed by atoms with E-state index >= 15 is 0 Å². The molecule has 0 atom stereocenters. The molecule has 1 aliphatic carbocycles. The van der Waals surface area contributed by atoms with Gasteiger partial charge in [-0.1, -0.05) is 54.6 Å². The molecule has 0 radical (unpaired) electrons. The second kappa shape index (κ2) is 6.86. The molecule has 0 amide bonds. The summed E-state index contributed by atoms with van der Waals surface area (Å²) in [4.78, 5) is 0. The van der Waals surface area contributed by atoms with Crippen molar-refractivity contribution in [3.05, 3.63) is 108 Å². The Kier molecular flexibility index (Phi) is 3.83. The first-order chi connectivity index (χ1) is 15.9. The minimum atomic E-state index is 1.15. The summed E-state index contributed by atoms with van der Waals surface area (Å²) in [5, 5.41) is 4.19. The summed E-state index contributed by atoms with van der Waals surface area (Å²) in [5.74, 6) is 0. The lowest BCUT2D eigenvalue weighted by Gasteiger charge is -2.16. The summed E-state index contributed by atoms with van der Waals surface area (Å²) in [6, 6.07) is 35.2. The number of aryl methyl sites for hydroxylation is 1. The molecule has 7 rings (SSSR count). The van der Waals surface area contributed by atoms with Gasteiger partial charge in [0, 0.05) is 33.2 Å². The van der Waals surface area contributed by atoms with Crippen LogP contribution in [0.5, 0.6) is 0 Å². The van der Waals surface area contributed by atoms with E-state index in [1.54, 1.807) is 5.56 Å². The maximum absolute atomic E-state index is 2.53. The molecule has 0 saturated heterocycles. The summed E-state index contributed by atoms with van der Waals surface area (Å²) in [6.45, 7) is 0. The molecule has 0 bridgehead atoms. The molecule has 0 unspecified atom stereocenters. The van der Waals surface area contributed by atoms with Crippen molar-refractivity contribution < 1.29 is 0 Å². The molecule has 0 N–H and O–H groups in total. The van der Waals surface area contributed by atoms with E-state index in [4.69, 9.17) is 0 Å². The molecule has 2 heteroatoms. The molecule has 6 aromatic rings. The zero-order chi connectivity index (χ0) is 21.1. The third-order valence-electron chi connectivity index (χ3n) is 7.10. The van der Waals surface area contributed by atoms with Gasteiger partial charge in [-0.05, 0) is 73.7 Å². The van der Waals surface area contributed by atoms with Crippen molar-refractivity contribution in [2.45, 2.75) is 25.7 Å². The quantitative estimate of drug-likeness (QED) is 0.277. The summed E-state index contributed by atoms with van der Waals surface area (Å²) in [6.07, 6.45) is 4.85. The largest absolute Gasteiger partial charge is 0.313 e. The smallest absolute Gasteiger partial charge is 0.0548 e. The van der Waals surface area contributed by atoms with Crippen LogP contribution in [0, 0.1) is 0 Å². The predicted octanol–water partition coefficient (Wildman–Crippen LogP) is 7.61. The zero-order valence-electron chi connectivity index (χ0n) is 18.0. The van der Waals surface area contributed by atoms with Crippen molar-refractivity contribution in [1.29, 1.82) is 0 Å². The van der Waals surface area contributed by atoms with Gasteiger partial charge in [0.1, 0.15) is 0 Å². The Morgan fingerprint density at radius 2 is 1.06 bits per heavy atom. The first-order valence-electron chi connectivity index (χ1n) is 11.6. The Bertz CT molecular complexity index is 1600. The topological polar surface area (TPSA) is 9.86 Å². The lowest BCUT2D eigenvalue weighted by Crippen LogP contribution is -2.06. The third kappa shape index (κ3) is 2.41. The number of benzene rings is 4. The first-order valence-corrected chi connectivity index (χ1v) is 11.6. The highest BCUT2D eigenvalue weighted by atomic mass is 15.0. The molecule has 2 heterocycles. The van der Waals surface area contributed by atoms with Gasteiger partial charge in [0.15, 0.2) is 0 Å². The number of para-hydroxylation sites is 3. The summed E-state index contributed by atoms with van der Waals surface area (Å²) >= 11 is 0. The number of hydrogen-bond donors (Lipinski definition) is 0. The van der Waals surface area contributed by atoms with E-state index in [0.717, 1.165) is 12.8 Å². The average molecular weight is 413 g/mol. The Balaban J connectivity index is 1.69. The van der Waals surface area contributed by atoms with Crippen molar-refractivity contribution in [2.75, 3.05) is 0 Å². The second-order valence-corrected chi connectivity index (χ2v) is 8.85. The fraction of sp³-hybridized carbons (Fsp3) is 0.133. The van der Waals surface area contributed by atoms with Gasteiger partial charge in [0.05, 0.1) is 16.6 Å². The molecule has 32 heavy (non-hydrogen) atoms. The van der Waals surface area contributed by atoms with Gasteiger partial charge < -0.3 is 9.13 Å². The van der Waals surface area contributed by atoms with Crippen molar-refractivity contribution in [1.82, 2.24) is 9.13 Å². The third-order valence-corrected chi connectivity index (χ3v) is 7.10. The number of aromatic nitrogens is 2. The van der Waals surface area contributed by atoms with Gasteiger partial charge in [0.2, 0.25) is 0 Å². The molecular weight excluding hydrogens is 388 g/mol. The summed E-state index contributed by atoms with van der Waals surface area (Å²) in [5.41, 5.74) is 9.45. The fourth-order valence-corrected chi connectivity index (χ4v) is 5.82. The lowest BCUT2D eigenvalue weighted by atomic mass is 9.94. The van der Waals surface area contributed by atoms with Crippen LogP contribution in [0.15, 0.2) is 97.1 Å². The molecule has 0 aliphatic heterocycles. The SMILES string of the molecule is c1ccc(-n2c3c(c4c5c6ccccc6n(-c6ccccc6)c5ccc42)CCCC3)cc1. The number of fused-ring (bicyclic) bond motifs is 7. The summed E-state index contributed by atoms with van der Waals surface area (Å²) < 4.78 is 4.96. The molecule has 0 fully saturated rings. The van der Waals surface area contributed by atoms with Crippen LogP contribution in [0.4, 0.5) is 0 Å². The minimum absolute atomic E-state index is 1.15. The minimum Gasteiger partial charge on any atom is -0.313 e. The van der Waals surface area contributed by atoms with Gasteiger partial charge in [-0.25, -0.2) is 0 Å². The second-order valence-electron chi connectivity index (χ2n) is 8.85. The Morgan fingerprint density at radius 3 is 1.81 bits per heavy atom. The van der Waals surface area contributed by atoms with Crippen LogP contribution < -0.4 is 0 Å². The van der Waals surface area contributed by atoms with Crippen LogP contribution in [0.1, 0.15) is 24.1 Å². The first kappa shape index (κ1) is 17.9. The van der Waals surface area contributed by atoms with Gasteiger partial charge in [0.25, 0.3) is 0 Å². The molecule has 0 saturated carbocycles. The maximum atomic E-state index is 2.53. The van der Waals surface area contributed by atoms with E-state index in [9.17, 15) is 0 Å². The normalized spacial score (nSPS) is 13.8. The van der Waals surface area contributed by atoms with Gasteiger partial charge in [-0.3, -0.25) is 0 Å². The van der Waals surface area contributed by atoms with E-state index in [1.165, 1.54) is 62.6 Å². The molecule has 2 nitrogen and oxygen atoms in total. The predicted molar refractivity (Wildman–Crippen MR) is 134 cm³/mol. The van der Waals surface area contributed by atoms with E-state index < -0.39 is 0 Å². The van der Waals surface area contributed by atoms with Crippen LogP contribution >= 0.6 is 0 Å². The molecule has 154 valence electrons. The Hall–Kier alpha value is -3.78. The van der Waals surface area contributed by atoms with Crippen LogP contribution in [0.3, 0.4) is 0 Å². The van der Waals surface area contributed by atoms with Crippen molar-refractivity contribution in [2.24, 2.45) is 0 Å². The Labute approximate surface area is 187 Å². The molecule has 4 aromatic carbocycles. The lowest BCUT2D eigenvalue weighted by molar-refractivity contribution is 0.667. The Morgan fingerprint density at radius 1 is 0.469 bits per heavy atom. The zero-order valence-corrected chi connectivity index (χ0v) is 18.0. The van der Waals surface area contributed by atoms with Gasteiger partial charge in [-0.2, -0.15) is 0 Å². The molecule has 2 aromatic heterocycles. The number of nitrogens with zero attached hydrogens (tertiary/aromatic N) is 2. The standard InChI is InChI=1S/C30H24N2/c1-3-11-21(12-4-1)31-25-17-9-7-15-23(25)29-27(31)19-20-28-30(29)24-16-8-10-18-26(24)32(28)22-13-5-2-6-14-22/h1-7,9,11-15,17,19-20H,8,10,16,18H2. The van der Waals surface area contributed by atoms with Gasteiger partial charge in [-0.15, -0.1) is 0 Å². The van der Waals surface area contributed by atoms with E-state index in [0.29, 0.717) is 0 Å². The van der Waals surface area contributed by atoms with E-state index in [1.807, 2.05) is 0 Å². The van der Waals surface area contributed by atoms with Gasteiger partial charge >= 0.3 is 0 Å². The highest BCUT2D eigenvalue weighted by molar-refractivity contribution is 6.22. The molecule has 0 spiro atoms. The van der Waals surface area contributed by atoms with Crippen molar-refractivity contribution in [3.63, 3.8) is 0 Å². The molecular formula is C30H24N2. The van der Waals surface area contributed by atoms with Crippen LogP contribution in [-0.4, -0.2) is 9.13 Å². The maximum Gasteiger partial charge on any atom is 0.0548 e. The average Bonchev–Trinajstić information content (AvgIpc) is 3.38. The van der Waals surface area contributed by atoms with Crippen LogP contribution in [-0.2, 0) is 12.8 Å². The highest BCUT2D eigenvalue weighted by Crippen LogP contribution is 2.43. The number of hydrogen-bond acceptors (Lipinski definition) is 0. The van der Waals surface area contributed by atoms with E-state index in [2.05, 4.69) is 106 Å².